The van der Waals surface area contributed by atoms with Crippen molar-refractivity contribution < 1.29 is 4.42 Å². The number of thiophene rings is 1. The molecular formula is C21H26N4OS. The van der Waals surface area contributed by atoms with Gasteiger partial charge in [-0.3, -0.25) is 0 Å². The maximum absolute atomic E-state index is 5.59. The lowest BCUT2D eigenvalue weighted by atomic mass is 9.91. The quantitative estimate of drug-likeness (QED) is 0.468. The molecular weight excluding hydrogens is 356 g/mol. The molecule has 1 aromatic carbocycles. The van der Waals surface area contributed by atoms with Crippen LogP contribution in [0.4, 0.5) is 0 Å². The van der Waals surface area contributed by atoms with Crippen molar-refractivity contribution in [3.63, 3.8) is 0 Å². The van der Waals surface area contributed by atoms with Gasteiger partial charge in [-0.1, -0.05) is 38.1 Å². The van der Waals surface area contributed by atoms with E-state index in [9.17, 15) is 0 Å². The van der Waals surface area contributed by atoms with Crippen molar-refractivity contribution in [3.05, 3.63) is 64.7 Å². The molecule has 6 heteroatoms. The highest BCUT2D eigenvalue weighted by Crippen LogP contribution is 2.26. The van der Waals surface area contributed by atoms with Crippen LogP contribution in [0.25, 0.3) is 11.5 Å². The van der Waals surface area contributed by atoms with Gasteiger partial charge in [0.15, 0.2) is 5.96 Å². The van der Waals surface area contributed by atoms with Crippen molar-refractivity contribution >= 4 is 17.3 Å². The van der Waals surface area contributed by atoms with Gasteiger partial charge in [0, 0.05) is 28.9 Å². The van der Waals surface area contributed by atoms with Crippen molar-refractivity contribution in [2.24, 2.45) is 4.99 Å². The lowest BCUT2D eigenvalue weighted by Gasteiger charge is -2.25. The zero-order chi connectivity index (χ0) is 19.1. The lowest BCUT2D eigenvalue weighted by Crippen LogP contribution is -2.43. The number of benzene rings is 1. The molecule has 2 aromatic heterocycles. The first-order chi connectivity index (χ1) is 13.1. The summed E-state index contributed by atoms with van der Waals surface area (Å²) in [6, 6.07) is 14.2. The summed E-state index contributed by atoms with van der Waals surface area (Å²) in [5.74, 6) is 1.41. The molecule has 0 radical (unpaired) electrons. The maximum atomic E-state index is 5.59. The second-order valence-corrected chi connectivity index (χ2v) is 7.87. The molecule has 0 spiro atoms. The van der Waals surface area contributed by atoms with Crippen LogP contribution in [-0.4, -0.2) is 24.0 Å². The topological polar surface area (TPSA) is 62.5 Å². The van der Waals surface area contributed by atoms with E-state index in [-0.39, 0.29) is 5.41 Å². The maximum Gasteiger partial charge on any atom is 0.226 e. The van der Waals surface area contributed by atoms with Gasteiger partial charge in [0.2, 0.25) is 5.89 Å². The summed E-state index contributed by atoms with van der Waals surface area (Å²) >= 11 is 1.78. The smallest absolute Gasteiger partial charge is 0.226 e. The minimum atomic E-state index is 0.0404. The summed E-state index contributed by atoms with van der Waals surface area (Å²) in [6.07, 6.45) is 1.67. The Balaban J connectivity index is 1.63. The minimum absolute atomic E-state index is 0.0404. The molecule has 0 atom stereocenters. The number of rotatable bonds is 7. The van der Waals surface area contributed by atoms with E-state index in [0.717, 1.165) is 30.3 Å². The van der Waals surface area contributed by atoms with Crippen LogP contribution in [0.15, 0.2) is 63.5 Å². The molecule has 3 aromatic rings. The van der Waals surface area contributed by atoms with E-state index in [2.05, 4.69) is 58.9 Å². The zero-order valence-corrected chi connectivity index (χ0v) is 16.8. The van der Waals surface area contributed by atoms with Crippen LogP contribution in [0.1, 0.15) is 31.3 Å². The van der Waals surface area contributed by atoms with Crippen LogP contribution < -0.4 is 10.6 Å². The van der Waals surface area contributed by atoms with E-state index in [1.165, 1.54) is 4.88 Å². The Kier molecular flexibility index (Phi) is 6.29. The van der Waals surface area contributed by atoms with Crippen LogP contribution in [0.2, 0.25) is 0 Å². The normalized spacial score (nSPS) is 12.2. The molecule has 0 saturated heterocycles. The number of hydrogen-bond donors (Lipinski definition) is 2. The number of hydrogen-bond acceptors (Lipinski definition) is 4. The van der Waals surface area contributed by atoms with Gasteiger partial charge in [0.05, 0.1) is 6.54 Å². The first kappa shape index (κ1) is 19.2. The summed E-state index contributed by atoms with van der Waals surface area (Å²) in [6.45, 7) is 8.60. The highest BCUT2D eigenvalue weighted by atomic mass is 32.1. The molecule has 0 aliphatic heterocycles. The van der Waals surface area contributed by atoms with Crippen molar-refractivity contribution in [2.45, 2.75) is 32.7 Å². The van der Waals surface area contributed by atoms with Gasteiger partial charge in [-0.15, -0.1) is 11.3 Å². The molecule has 142 valence electrons. The summed E-state index contributed by atoms with van der Waals surface area (Å²) in [4.78, 5) is 10.5. The number of aliphatic imine (C=N–C) groups is 1. The molecule has 2 heterocycles. The van der Waals surface area contributed by atoms with Gasteiger partial charge in [-0.2, -0.15) is 0 Å². The number of nitrogens with one attached hydrogen (secondary N) is 2. The average molecular weight is 383 g/mol. The SMILES string of the molecule is CCNC(=NCc1coc(-c2ccccc2)n1)NCC(C)(C)c1cccs1. The number of oxazole rings is 1. The van der Waals surface area contributed by atoms with E-state index < -0.39 is 0 Å². The summed E-state index contributed by atoms with van der Waals surface area (Å²) in [5.41, 5.74) is 1.82. The molecule has 0 bridgehead atoms. The first-order valence-corrected chi connectivity index (χ1v) is 10.0. The van der Waals surface area contributed by atoms with Crippen LogP contribution in [0, 0.1) is 0 Å². The third-order valence-electron chi connectivity index (χ3n) is 4.20. The average Bonchev–Trinajstić information content (AvgIpc) is 3.37. The lowest BCUT2D eigenvalue weighted by molar-refractivity contribution is 0.518. The van der Waals surface area contributed by atoms with Gasteiger partial charge < -0.3 is 15.1 Å². The summed E-state index contributed by atoms with van der Waals surface area (Å²) < 4.78 is 5.59. The van der Waals surface area contributed by atoms with Crippen LogP contribution >= 0.6 is 11.3 Å². The molecule has 0 aliphatic rings. The highest BCUT2D eigenvalue weighted by Gasteiger charge is 2.21. The minimum Gasteiger partial charge on any atom is -0.444 e. The Bertz CT molecular complexity index is 853. The Labute approximate surface area is 164 Å². The Morgan fingerprint density at radius 3 is 2.67 bits per heavy atom. The Morgan fingerprint density at radius 1 is 1.15 bits per heavy atom. The van der Waals surface area contributed by atoms with E-state index in [1.807, 2.05) is 30.3 Å². The number of aromatic nitrogens is 1. The standard InChI is InChI=1S/C21H26N4OS/c1-4-22-20(24-15-21(2,3)18-11-8-12-27-18)23-13-17-14-26-19(25-17)16-9-6-5-7-10-16/h5-12,14H,4,13,15H2,1-3H3,(H2,22,23,24). The predicted molar refractivity (Wildman–Crippen MR) is 112 cm³/mol. The molecule has 2 N–H and O–H groups in total. The van der Waals surface area contributed by atoms with Crippen LogP contribution in [0.3, 0.4) is 0 Å². The van der Waals surface area contributed by atoms with E-state index >= 15 is 0 Å². The van der Waals surface area contributed by atoms with Crippen LogP contribution in [0.5, 0.6) is 0 Å². The second-order valence-electron chi connectivity index (χ2n) is 6.92. The summed E-state index contributed by atoms with van der Waals surface area (Å²) in [5, 5.41) is 8.85. The van der Waals surface area contributed by atoms with E-state index in [1.54, 1.807) is 17.6 Å². The van der Waals surface area contributed by atoms with Crippen LogP contribution in [-0.2, 0) is 12.0 Å². The zero-order valence-electron chi connectivity index (χ0n) is 16.0. The molecule has 0 fully saturated rings. The fourth-order valence-electron chi connectivity index (χ4n) is 2.65. The van der Waals surface area contributed by atoms with Crippen molar-refractivity contribution in [1.82, 2.24) is 15.6 Å². The van der Waals surface area contributed by atoms with Crippen molar-refractivity contribution in [1.29, 1.82) is 0 Å². The largest absolute Gasteiger partial charge is 0.444 e. The molecule has 0 aliphatic carbocycles. The Hall–Kier alpha value is -2.60. The van der Waals surface area contributed by atoms with Gasteiger partial charge in [0.1, 0.15) is 12.0 Å². The predicted octanol–water partition coefficient (Wildman–Crippen LogP) is 4.44. The number of nitrogens with zero attached hydrogens (tertiary/aromatic N) is 2. The molecule has 0 saturated carbocycles. The highest BCUT2D eigenvalue weighted by molar-refractivity contribution is 7.10. The monoisotopic (exact) mass is 382 g/mol. The van der Waals surface area contributed by atoms with Gasteiger partial charge in [-0.05, 0) is 30.5 Å². The second kappa shape index (κ2) is 8.86. The fraction of sp³-hybridized carbons (Fsp3) is 0.333. The van der Waals surface area contributed by atoms with Crippen molar-refractivity contribution in [2.75, 3.05) is 13.1 Å². The molecule has 5 nitrogen and oxygen atoms in total. The van der Waals surface area contributed by atoms with E-state index in [0.29, 0.717) is 12.4 Å². The molecule has 3 rings (SSSR count). The molecule has 27 heavy (non-hydrogen) atoms. The third kappa shape index (κ3) is 5.20. The Morgan fingerprint density at radius 2 is 1.96 bits per heavy atom. The molecule has 0 amide bonds. The van der Waals surface area contributed by atoms with Gasteiger partial charge in [0.25, 0.3) is 0 Å². The van der Waals surface area contributed by atoms with E-state index in [4.69, 9.17) is 4.42 Å². The molecule has 0 unspecified atom stereocenters. The first-order valence-electron chi connectivity index (χ1n) is 9.14. The van der Waals surface area contributed by atoms with Crippen molar-refractivity contribution in [3.8, 4) is 11.5 Å². The van der Waals surface area contributed by atoms with Gasteiger partial charge in [-0.25, -0.2) is 9.98 Å². The number of guanidine groups is 1. The fourth-order valence-corrected chi connectivity index (χ4v) is 3.50. The third-order valence-corrected chi connectivity index (χ3v) is 5.44. The van der Waals surface area contributed by atoms with Gasteiger partial charge >= 0.3 is 0 Å². The summed E-state index contributed by atoms with van der Waals surface area (Å²) in [7, 11) is 0.